The van der Waals surface area contributed by atoms with E-state index in [1.807, 2.05) is 5.10 Å². The van der Waals surface area contributed by atoms with E-state index in [0.29, 0.717) is 0 Å². The fourth-order valence-corrected chi connectivity index (χ4v) is 0.835. The quantitative estimate of drug-likeness (QED) is 0.472. The minimum atomic E-state index is -0.796. The molecule has 1 N–H and O–H groups in total. The molecule has 0 aliphatic carbocycles. The first-order valence-corrected chi connectivity index (χ1v) is 3.89. The van der Waals surface area contributed by atoms with E-state index in [1.54, 1.807) is 0 Å². The fourth-order valence-electron chi connectivity index (χ4n) is 0.835. The van der Waals surface area contributed by atoms with Crippen LogP contribution in [0.2, 0.25) is 0 Å². The molecule has 1 aromatic rings. The van der Waals surface area contributed by atoms with Gasteiger partial charge in [0, 0.05) is 6.92 Å². The third-order valence-electron chi connectivity index (χ3n) is 1.46. The van der Waals surface area contributed by atoms with E-state index < -0.39 is 17.1 Å². The summed E-state index contributed by atoms with van der Waals surface area (Å²) in [5, 5.41) is 5.42. The van der Waals surface area contributed by atoms with Crippen LogP contribution in [0, 0.1) is 0 Å². The molecular formula is C7H9N3O4. The monoisotopic (exact) mass is 199 g/mol. The van der Waals surface area contributed by atoms with Crippen LogP contribution in [0.25, 0.3) is 0 Å². The molecule has 0 saturated carbocycles. The molecule has 1 heterocycles. The van der Waals surface area contributed by atoms with Gasteiger partial charge in [0.15, 0.2) is 0 Å². The maximum Gasteiger partial charge on any atom is 0.330 e. The van der Waals surface area contributed by atoms with Gasteiger partial charge in [0.2, 0.25) is 0 Å². The molecule has 7 nitrogen and oxygen atoms in total. The molecule has 0 fully saturated rings. The molecule has 0 saturated heterocycles. The minimum Gasteiger partial charge on any atom is -0.464 e. The van der Waals surface area contributed by atoms with Gasteiger partial charge in [0.25, 0.3) is 0 Å². The Labute approximate surface area is 78.3 Å². The molecule has 0 aliphatic heterocycles. The van der Waals surface area contributed by atoms with Crippen LogP contribution in [0.15, 0.2) is 15.9 Å². The van der Waals surface area contributed by atoms with E-state index in [2.05, 4.69) is 9.84 Å². The number of hydrogen-bond donors (Lipinski definition) is 1. The molecule has 0 aliphatic rings. The summed E-state index contributed by atoms with van der Waals surface area (Å²) in [6.07, 6.45) is 1.17. The summed E-state index contributed by atoms with van der Waals surface area (Å²) in [6.45, 7) is 1.43. The first-order chi connectivity index (χ1) is 6.61. The second-order valence-electron chi connectivity index (χ2n) is 2.52. The summed E-state index contributed by atoms with van der Waals surface area (Å²) in [5.41, 5.74) is -1.51. The highest BCUT2D eigenvalue weighted by Gasteiger charge is 2.00. The number of aromatic amines is 1. The van der Waals surface area contributed by atoms with E-state index in [0.717, 1.165) is 4.57 Å². The number of carbonyl (C=O) groups excluding carboxylic acids is 1. The lowest BCUT2D eigenvalue weighted by molar-refractivity contribution is -0.141. The van der Waals surface area contributed by atoms with Gasteiger partial charge in [-0.25, -0.2) is 5.10 Å². The van der Waals surface area contributed by atoms with Gasteiger partial charge in [-0.3, -0.25) is 19.0 Å². The fraction of sp³-hybridized carbons (Fsp3) is 0.429. The van der Waals surface area contributed by atoms with Crippen LogP contribution in [0.3, 0.4) is 0 Å². The molecule has 0 aromatic carbocycles. The van der Waals surface area contributed by atoms with Gasteiger partial charge in [0.1, 0.15) is 12.9 Å². The molecule has 0 bridgehead atoms. The minimum absolute atomic E-state index is 0.0420. The first-order valence-electron chi connectivity index (χ1n) is 3.89. The number of carbonyl (C=O) groups is 1. The lowest BCUT2D eigenvalue weighted by Crippen LogP contribution is -2.37. The molecular weight excluding hydrogens is 190 g/mol. The van der Waals surface area contributed by atoms with Gasteiger partial charge in [-0.15, -0.1) is 0 Å². The number of nitrogens with one attached hydrogen (secondary N) is 1. The average molecular weight is 199 g/mol. The Morgan fingerprint density at radius 3 is 3.00 bits per heavy atom. The molecule has 76 valence electrons. The number of esters is 1. The van der Waals surface area contributed by atoms with Crippen LogP contribution in [-0.4, -0.2) is 27.3 Å². The number of ether oxygens (including phenoxy) is 1. The molecule has 14 heavy (non-hydrogen) atoms. The van der Waals surface area contributed by atoms with Crippen LogP contribution in [0.5, 0.6) is 0 Å². The van der Waals surface area contributed by atoms with E-state index in [9.17, 15) is 14.4 Å². The topological polar surface area (TPSA) is 94.1 Å². The van der Waals surface area contributed by atoms with Crippen molar-refractivity contribution in [2.75, 3.05) is 6.61 Å². The Kier molecular flexibility index (Phi) is 3.16. The normalized spacial score (nSPS) is 9.79. The van der Waals surface area contributed by atoms with Crippen molar-refractivity contribution in [3.8, 4) is 0 Å². The van der Waals surface area contributed by atoms with E-state index >= 15 is 0 Å². The smallest absolute Gasteiger partial charge is 0.330 e. The van der Waals surface area contributed by atoms with Gasteiger partial charge in [0.05, 0.1) is 6.54 Å². The summed E-state index contributed by atoms with van der Waals surface area (Å²) < 4.78 is 5.67. The van der Waals surface area contributed by atoms with Crippen molar-refractivity contribution >= 4 is 5.97 Å². The molecule has 0 amide bonds. The summed E-state index contributed by atoms with van der Waals surface area (Å²) in [5.74, 6) is -0.434. The average Bonchev–Trinajstić information content (AvgIpc) is 2.12. The van der Waals surface area contributed by atoms with Crippen LogP contribution in [0.4, 0.5) is 0 Å². The molecule has 0 unspecified atom stereocenters. The van der Waals surface area contributed by atoms with Crippen molar-refractivity contribution in [3.63, 3.8) is 0 Å². The predicted octanol–water partition coefficient (Wildman–Crippen LogP) is -1.51. The van der Waals surface area contributed by atoms with Crippen molar-refractivity contribution in [3.05, 3.63) is 27.0 Å². The Morgan fingerprint density at radius 1 is 1.64 bits per heavy atom. The van der Waals surface area contributed by atoms with E-state index in [4.69, 9.17) is 0 Å². The largest absolute Gasteiger partial charge is 0.464 e. The standard InChI is InChI=1S/C7H9N3O4/c1-5(11)14-3-2-10-4-8-9-6(12)7(10)13/h4H,2-3H2,1H3,(H,9,12). The first kappa shape index (κ1) is 10.2. The van der Waals surface area contributed by atoms with Crippen LogP contribution >= 0.6 is 0 Å². The highest BCUT2D eigenvalue weighted by atomic mass is 16.5. The summed E-state index contributed by atoms with van der Waals surface area (Å²) in [6, 6.07) is 0. The molecule has 0 spiro atoms. The van der Waals surface area contributed by atoms with Gasteiger partial charge < -0.3 is 4.74 Å². The zero-order chi connectivity index (χ0) is 10.6. The number of hydrogen-bond acceptors (Lipinski definition) is 5. The molecule has 1 rings (SSSR count). The zero-order valence-electron chi connectivity index (χ0n) is 7.52. The van der Waals surface area contributed by atoms with Crippen molar-refractivity contribution in [1.29, 1.82) is 0 Å². The van der Waals surface area contributed by atoms with E-state index in [1.165, 1.54) is 13.3 Å². The Bertz CT molecular complexity index is 433. The third kappa shape index (κ3) is 2.54. The predicted molar refractivity (Wildman–Crippen MR) is 45.8 cm³/mol. The van der Waals surface area contributed by atoms with Crippen LogP contribution in [-0.2, 0) is 16.1 Å². The van der Waals surface area contributed by atoms with Gasteiger partial charge in [-0.2, -0.15) is 5.10 Å². The zero-order valence-corrected chi connectivity index (χ0v) is 7.52. The van der Waals surface area contributed by atoms with Gasteiger partial charge in [-0.05, 0) is 0 Å². The second kappa shape index (κ2) is 4.35. The Morgan fingerprint density at radius 2 is 2.36 bits per heavy atom. The SMILES string of the molecule is CC(=O)OCCn1cn[nH]c(=O)c1=O. The summed E-state index contributed by atoms with van der Waals surface area (Å²) in [4.78, 5) is 32.3. The molecule has 0 atom stereocenters. The van der Waals surface area contributed by atoms with Crippen molar-refractivity contribution in [2.24, 2.45) is 0 Å². The number of rotatable bonds is 3. The maximum atomic E-state index is 11.1. The Balaban J connectivity index is 2.69. The van der Waals surface area contributed by atoms with Crippen molar-refractivity contribution < 1.29 is 9.53 Å². The highest BCUT2D eigenvalue weighted by Crippen LogP contribution is 1.79. The van der Waals surface area contributed by atoms with Crippen molar-refractivity contribution in [1.82, 2.24) is 14.8 Å². The van der Waals surface area contributed by atoms with Crippen LogP contribution in [0.1, 0.15) is 6.92 Å². The lowest BCUT2D eigenvalue weighted by atomic mass is 10.6. The van der Waals surface area contributed by atoms with Gasteiger partial charge in [-0.1, -0.05) is 0 Å². The number of aromatic nitrogens is 3. The van der Waals surface area contributed by atoms with E-state index in [-0.39, 0.29) is 13.2 Å². The number of nitrogens with zero attached hydrogens (tertiary/aromatic N) is 2. The summed E-state index contributed by atoms with van der Waals surface area (Å²) >= 11 is 0. The van der Waals surface area contributed by atoms with Gasteiger partial charge >= 0.3 is 17.1 Å². The molecule has 0 radical (unpaired) electrons. The second-order valence-corrected chi connectivity index (χ2v) is 2.52. The Hall–Kier alpha value is -1.92. The highest BCUT2D eigenvalue weighted by molar-refractivity contribution is 5.65. The maximum absolute atomic E-state index is 11.1. The van der Waals surface area contributed by atoms with Crippen LogP contribution < -0.4 is 11.1 Å². The molecule has 1 aromatic heterocycles. The summed E-state index contributed by atoms with van der Waals surface area (Å²) in [7, 11) is 0. The number of H-pyrrole nitrogens is 1. The molecule has 7 heteroatoms. The lowest BCUT2D eigenvalue weighted by Gasteiger charge is -2.03. The van der Waals surface area contributed by atoms with Crippen molar-refractivity contribution in [2.45, 2.75) is 13.5 Å². The third-order valence-corrected chi connectivity index (χ3v) is 1.46.